The van der Waals surface area contributed by atoms with Crippen LogP contribution < -0.4 is 0 Å². The summed E-state index contributed by atoms with van der Waals surface area (Å²) in [6, 6.07) is 0. The van der Waals surface area contributed by atoms with Crippen molar-refractivity contribution in [1.82, 2.24) is 0 Å². The monoisotopic (exact) mass is 65.0 g/mol. The van der Waals surface area contributed by atoms with Crippen LogP contribution in [0.1, 0.15) is 0 Å². The Morgan fingerprint density at radius 3 is 2.80 bits per heavy atom. The van der Waals surface area contributed by atoms with Crippen molar-refractivity contribution in [2.75, 3.05) is 0 Å². The Balaban J connectivity index is 2.61. The molecule has 0 atom stereocenters. The van der Waals surface area contributed by atoms with Crippen LogP contribution in [0.3, 0.4) is 0 Å². The first-order chi connectivity index (χ1) is 2.50. The van der Waals surface area contributed by atoms with Gasteiger partial charge in [-0.3, -0.25) is 5.03 Å². The molecule has 0 spiro atoms. The number of nitrogens with zero attached hydrogens (tertiary/aromatic N) is 2. The fourth-order valence-electron chi connectivity index (χ4n) is 0.192. The second kappa shape index (κ2) is 1.01. The Bertz CT molecular complexity index is 65.7. The number of hydrogen-bond donors (Lipinski definition) is 0. The maximum Gasteiger partial charge on any atom is 0.337 e. The van der Waals surface area contributed by atoms with E-state index in [1.165, 1.54) is 0 Å². The SMILES string of the molecule is [B]1C=CN=N1. The van der Waals surface area contributed by atoms with E-state index in [4.69, 9.17) is 0 Å². The van der Waals surface area contributed by atoms with Crippen LogP contribution in [0.5, 0.6) is 0 Å². The number of rotatable bonds is 0. The maximum atomic E-state index is 3.47. The van der Waals surface area contributed by atoms with Crippen molar-refractivity contribution >= 4 is 7.41 Å². The van der Waals surface area contributed by atoms with E-state index in [0.29, 0.717) is 0 Å². The van der Waals surface area contributed by atoms with Crippen LogP contribution in [0, 0.1) is 0 Å². The van der Waals surface area contributed by atoms with Crippen LogP contribution in [0.25, 0.3) is 0 Å². The Morgan fingerprint density at radius 2 is 2.60 bits per heavy atom. The zero-order valence-electron chi connectivity index (χ0n) is 2.63. The predicted molar refractivity (Wildman–Crippen MR) is 19.7 cm³/mol. The second-order valence-corrected chi connectivity index (χ2v) is 0.722. The molecule has 2 nitrogen and oxygen atoms in total. The molecular weight excluding hydrogens is 62.8 g/mol. The summed E-state index contributed by atoms with van der Waals surface area (Å²) in [7, 11) is 1.64. The first-order valence-corrected chi connectivity index (χ1v) is 1.38. The van der Waals surface area contributed by atoms with Crippen LogP contribution in [0.4, 0.5) is 0 Å². The van der Waals surface area contributed by atoms with Gasteiger partial charge in [-0.1, -0.05) is 5.98 Å². The smallest absolute Gasteiger partial charge is 0.255 e. The lowest BCUT2D eigenvalue weighted by atomic mass is 10.00. The molecule has 0 N–H and O–H groups in total. The van der Waals surface area contributed by atoms with Gasteiger partial charge in [0.2, 0.25) is 0 Å². The third kappa shape index (κ3) is 0.346. The standard InChI is InChI=1S/C2H2BN2/c1-2-4-5-3-1/h1-2H. The largest absolute Gasteiger partial charge is 0.337 e. The third-order valence-electron chi connectivity index (χ3n) is 0.372. The minimum Gasteiger partial charge on any atom is -0.255 e. The summed E-state index contributed by atoms with van der Waals surface area (Å²) in [6.45, 7) is 0. The van der Waals surface area contributed by atoms with Crippen LogP contribution in [-0.2, 0) is 0 Å². The lowest BCUT2D eigenvalue weighted by Gasteiger charge is -1.52. The van der Waals surface area contributed by atoms with E-state index in [9.17, 15) is 0 Å². The molecule has 0 amide bonds. The highest BCUT2D eigenvalue weighted by molar-refractivity contribution is 6.40. The second-order valence-electron chi connectivity index (χ2n) is 0.722. The molecule has 0 aromatic heterocycles. The van der Waals surface area contributed by atoms with Gasteiger partial charge < -0.3 is 0 Å². The molecule has 1 radical (unpaired) electrons. The summed E-state index contributed by atoms with van der Waals surface area (Å²) in [5.74, 6) is 1.78. The van der Waals surface area contributed by atoms with E-state index < -0.39 is 0 Å². The van der Waals surface area contributed by atoms with Crippen molar-refractivity contribution in [3.8, 4) is 0 Å². The molecule has 23 valence electrons. The van der Waals surface area contributed by atoms with Gasteiger partial charge in [-0.15, -0.1) is 0 Å². The lowest BCUT2D eigenvalue weighted by molar-refractivity contribution is 1.36. The Hall–Kier alpha value is -0.595. The zero-order chi connectivity index (χ0) is 3.54. The summed E-state index contributed by atoms with van der Waals surface area (Å²) in [4.78, 5) is 0. The molecule has 1 aliphatic heterocycles. The molecule has 1 rings (SSSR count). The van der Waals surface area contributed by atoms with Crippen molar-refractivity contribution < 1.29 is 0 Å². The summed E-state index contributed by atoms with van der Waals surface area (Å²) in [5, 5.41) is 6.94. The molecule has 0 aromatic rings. The van der Waals surface area contributed by atoms with Gasteiger partial charge in [0.25, 0.3) is 0 Å². The lowest BCUT2D eigenvalue weighted by Crippen LogP contribution is -1.62. The van der Waals surface area contributed by atoms with E-state index in [1.807, 2.05) is 0 Å². The average molecular weight is 64.9 g/mol. The van der Waals surface area contributed by atoms with Crippen LogP contribution >= 0.6 is 0 Å². The topological polar surface area (TPSA) is 24.7 Å². The summed E-state index contributed by atoms with van der Waals surface area (Å²) in [6.07, 6.45) is 1.64. The molecule has 1 aliphatic rings. The van der Waals surface area contributed by atoms with Gasteiger partial charge in [0.1, 0.15) is 0 Å². The van der Waals surface area contributed by atoms with Crippen LogP contribution in [0.2, 0.25) is 0 Å². The van der Waals surface area contributed by atoms with E-state index in [0.717, 1.165) is 0 Å². The van der Waals surface area contributed by atoms with Gasteiger partial charge in [0.15, 0.2) is 0 Å². The zero-order valence-corrected chi connectivity index (χ0v) is 2.63. The van der Waals surface area contributed by atoms with E-state index >= 15 is 0 Å². The van der Waals surface area contributed by atoms with Gasteiger partial charge in [0, 0.05) is 6.20 Å². The predicted octanol–water partition coefficient (Wildman–Crippen LogP) is 0.543. The highest BCUT2D eigenvalue weighted by Gasteiger charge is 1.80. The van der Waals surface area contributed by atoms with Gasteiger partial charge in [-0.25, -0.2) is 0 Å². The van der Waals surface area contributed by atoms with E-state index in [-0.39, 0.29) is 0 Å². The highest BCUT2D eigenvalue weighted by Crippen LogP contribution is 1.83. The first kappa shape index (κ1) is 2.63. The molecule has 5 heavy (non-hydrogen) atoms. The molecular formula is C2H2BN2. The summed E-state index contributed by atoms with van der Waals surface area (Å²) < 4.78 is 0. The normalized spacial score (nSPS) is 16.0. The highest BCUT2D eigenvalue weighted by atomic mass is 15.0. The first-order valence-electron chi connectivity index (χ1n) is 1.38. The molecule has 0 fully saturated rings. The summed E-state index contributed by atoms with van der Waals surface area (Å²) in [5.41, 5.74) is 0. The van der Waals surface area contributed by atoms with Crippen LogP contribution in [-0.4, -0.2) is 7.41 Å². The van der Waals surface area contributed by atoms with Gasteiger partial charge >= 0.3 is 7.41 Å². The van der Waals surface area contributed by atoms with Gasteiger partial charge in [-0.2, -0.15) is 5.11 Å². The molecule has 0 saturated carbocycles. The van der Waals surface area contributed by atoms with Gasteiger partial charge in [0.05, 0.1) is 0 Å². The van der Waals surface area contributed by atoms with E-state index in [2.05, 4.69) is 10.1 Å². The summed E-state index contributed by atoms with van der Waals surface area (Å²) >= 11 is 0. The van der Waals surface area contributed by atoms with Crippen molar-refractivity contribution in [1.29, 1.82) is 0 Å². The van der Waals surface area contributed by atoms with Gasteiger partial charge in [-0.05, 0) is 0 Å². The molecule has 0 saturated heterocycles. The maximum absolute atomic E-state index is 3.47. The molecule has 0 bridgehead atoms. The van der Waals surface area contributed by atoms with Crippen molar-refractivity contribution in [2.24, 2.45) is 10.1 Å². The third-order valence-corrected chi connectivity index (χ3v) is 0.372. The minimum absolute atomic E-state index is 1.64. The molecule has 0 aromatic carbocycles. The average Bonchev–Trinajstić information content (AvgIpc) is 1.76. The fraction of sp³-hybridized carbons (Fsp3) is 0. The Kier molecular flexibility index (Phi) is 0.534. The molecule has 3 heteroatoms. The van der Waals surface area contributed by atoms with E-state index in [1.54, 1.807) is 19.6 Å². The van der Waals surface area contributed by atoms with Crippen molar-refractivity contribution in [3.63, 3.8) is 0 Å². The Labute approximate surface area is 30.9 Å². The Morgan fingerprint density at radius 1 is 1.60 bits per heavy atom. The molecule has 0 aliphatic carbocycles. The quantitative estimate of drug-likeness (QED) is 0.368. The molecule has 1 heterocycles. The fourth-order valence-corrected chi connectivity index (χ4v) is 0.192. The van der Waals surface area contributed by atoms with Crippen molar-refractivity contribution in [2.45, 2.75) is 0 Å². The number of hydrogen-bond acceptors (Lipinski definition) is 2. The minimum atomic E-state index is 1.64. The molecule has 0 unspecified atom stereocenters. The van der Waals surface area contributed by atoms with Crippen molar-refractivity contribution in [3.05, 3.63) is 12.2 Å². The van der Waals surface area contributed by atoms with Crippen LogP contribution in [0.15, 0.2) is 22.3 Å².